The second kappa shape index (κ2) is 6.01. The summed E-state index contributed by atoms with van der Waals surface area (Å²) < 4.78 is 5.18. The summed E-state index contributed by atoms with van der Waals surface area (Å²) in [5, 5.41) is 4.44. The van der Waals surface area contributed by atoms with Crippen LogP contribution in [0.25, 0.3) is 0 Å². The molecule has 1 atom stereocenters. The molecule has 0 N–H and O–H groups in total. The summed E-state index contributed by atoms with van der Waals surface area (Å²) in [4.78, 5) is 4.40. The van der Waals surface area contributed by atoms with Gasteiger partial charge in [-0.3, -0.25) is 0 Å². The lowest BCUT2D eigenvalue weighted by atomic mass is 10.3. The van der Waals surface area contributed by atoms with E-state index in [9.17, 15) is 0 Å². The van der Waals surface area contributed by atoms with Crippen LogP contribution in [0.15, 0.2) is 4.52 Å². The normalized spacial score (nSPS) is 21.8. The van der Waals surface area contributed by atoms with Crippen LogP contribution in [0, 0.1) is 0 Å². The predicted octanol–water partition coefficient (Wildman–Crippen LogP) is 2.76. The van der Waals surface area contributed by atoms with Gasteiger partial charge >= 0.3 is 0 Å². The van der Waals surface area contributed by atoms with E-state index in [1.807, 2.05) is 23.5 Å². The Bertz CT molecular complexity index is 302. The van der Waals surface area contributed by atoms with Crippen molar-refractivity contribution >= 4 is 35.1 Å². The summed E-state index contributed by atoms with van der Waals surface area (Å²) in [5.41, 5.74) is 0. The van der Waals surface area contributed by atoms with Gasteiger partial charge in [0.2, 0.25) is 5.89 Å². The maximum atomic E-state index is 5.61. The molecule has 1 unspecified atom stereocenters. The van der Waals surface area contributed by atoms with Crippen molar-refractivity contribution in [1.82, 2.24) is 10.1 Å². The molecule has 84 valence electrons. The largest absolute Gasteiger partial charge is 0.339 e. The van der Waals surface area contributed by atoms with Gasteiger partial charge in [-0.25, -0.2) is 0 Å². The highest BCUT2D eigenvalue weighted by Crippen LogP contribution is 2.35. The Morgan fingerprint density at radius 1 is 1.47 bits per heavy atom. The van der Waals surface area contributed by atoms with Crippen LogP contribution in [0.4, 0.5) is 0 Å². The SMILES string of the molecule is ClCCCc1nc(C2CSCCS2)no1. The molecule has 1 aliphatic rings. The minimum Gasteiger partial charge on any atom is -0.339 e. The van der Waals surface area contributed by atoms with Gasteiger partial charge in [-0.1, -0.05) is 5.16 Å². The van der Waals surface area contributed by atoms with Crippen LogP contribution < -0.4 is 0 Å². The van der Waals surface area contributed by atoms with Crippen LogP contribution in [0.5, 0.6) is 0 Å². The molecule has 1 aromatic rings. The van der Waals surface area contributed by atoms with Crippen LogP contribution in [-0.4, -0.2) is 33.3 Å². The molecule has 0 spiro atoms. The number of hydrogen-bond donors (Lipinski definition) is 0. The third-order valence-electron chi connectivity index (χ3n) is 2.11. The molecule has 6 heteroatoms. The summed E-state index contributed by atoms with van der Waals surface area (Å²) in [6.07, 6.45) is 1.69. The van der Waals surface area contributed by atoms with Gasteiger partial charge in [0.25, 0.3) is 0 Å². The van der Waals surface area contributed by atoms with Crippen LogP contribution in [0.2, 0.25) is 0 Å². The van der Waals surface area contributed by atoms with Crippen molar-refractivity contribution in [2.45, 2.75) is 18.1 Å². The zero-order valence-corrected chi connectivity index (χ0v) is 10.7. The topological polar surface area (TPSA) is 38.9 Å². The summed E-state index contributed by atoms with van der Waals surface area (Å²) >= 11 is 9.49. The molecule has 1 saturated heterocycles. The third-order valence-corrected chi connectivity index (χ3v) is 5.13. The second-order valence-corrected chi connectivity index (χ2v) is 6.11. The van der Waals surface area contributed by atoms with Crippen LogP contribution in [-0.2, 0) is 6.42 Å². The highest BCUT2D eigenvalue weighted by atomic mass is 35.5. The van der Waals surface area contributed by atoms with Crippen LogP contribution >= 0.6 is 35.1 Å². The molecule has 1 aromatic heterocycles. The zero-order chi connectivity index (χ0) is 10.5. The van der Waals surface area contributed by atoms with Crippen molar-refractivity contribution in [3.63, 3.8) is 0 Å². The summed E-state index contributed by atoms with van der Waals surface area (Å²) in [6, 6.07) is 0. The third kappa shape index (κ3) is 3.29. The average molecular weight is 265 g/mol. The fourth-order valence-corrected chi connectivity index (χ4v) is 4.08. The Hall–Kier alpha value is 0.130. The molecule has 2 heterocycles. The number of aryl methyl sites for hydroxylation is 1. The van der Waals surface area contributed by atoms with E-state index in [1.54, 1.807) is 0 Å². The fourth-order valence-electron chi connectivity index (χ4n) is 1.36. The lowest BCUT2D eigenvalue weighted by Crippen LogP contribution is -2.08. The molecule has 0 radical (unpaired) electrons. The smallest absolute Gasteiger partial charge is 0.226 e. The van der Waals surface area contributed by atoms with Crippen LogP contribution in [0.3, 0.4) is 0 Å². The van der Waals surface area contributed by atoms with E-state index >= 15 is 0 Å². The average Bonchev–Trinajstić information content (AvgIpc) is 2.76. The Balaban J connectivity index is 1.93. The Kier molecular flexibility index (Phi) is 4.65. The maximum Gasteiger partial charge on any atom is 0.226 e. The first-order valence-electron chi connectivity index (χ1n) is 4.98. The van der Waals surface area contributed by atoms with Gasteiger partial charge < -0.3 is 4.52 Å². The number of thioether (sulfide) groups is 2. The molecule has 3 nitrogen and oxygen atoms in total. The molecule has 0 bridgehead atoms. The van der Waals surface area contributed by atoms with Gasteiger partial charge in [0, 0.05) is 29.6 Å². The number of rotatable bonds is 4. The molecule has 0 saturated carbocycles. The maximum absolute atomic E-state index is 5.61. The van der Waals surface area contributed by atoms with Crippen molar-refractivity contribution in [2.24, 2.45) is 0 Å². The highest BCUT2D eigenvalue weighted by molar-refractivity contribution is 8.06. The molecule has 0 amide bonds. The summed E-state index contributed by atoms with van der Waals surface area (Å²) in [6.45, 7) is 0. The standard InChI is InChI=1S/C9H13ClN2OS2/c10-3-1-2-8-11-9(12-13-8)7-6-14-4-5-15-7/h7H,1-6H2. The number of alkyl halides is 1. The van der Waals surface area contributed by atoms with E-state index in [-0.39, 0.29) is 0 Å². The highest BCUT2D eigenvalue weighted by Gasteiger charge is 2.21. The quantitative estimate of drug-likeness (QED) is 0.782. The molecule has 0 aliphatic carbocycles. The number of nitrogens with zero attached hydrogens (tertiary/aromatic N) is 2. The van der Waals surface area contributed by atoms with Crippen molar-refractivity contribution in [3.8, 4) is 0 Å². The van der Waals surface area contributed by atoms with Gasteiger partial charge in [-0.05, 0) is 6.42 Å². The zero-order valence-electron chi connectivity index (χ0n) is 8.32. The summed E-state index contributed by atoms with van der Waals surface area (Å²) in [7, 11) is 0. The van der Waals surface area contributed by atoms with E-state index in [1.165, 1.54) is 11.5 Å². The molecule has 15 heavy (non-hydrogen) atoms. The van der Waals surface area contributed by atoms with Gasteiger partial charge in [-0.15, -0.1) is 23.4 Å². The van der Waals surface area contributed by atoms with Crippen molar-refractivity contribution in [3.05, 3.63) is 11.7 Å². The van der Waals surface area contributed by atoms with Crippen molar-refractivity contribution in [2.75, 3.05) is 23.1 Å². The van der Waals surface area contributed by atoms with Gasteiger partial charge in [0.05, 0.1) is 5.25 Å². The van der Waals surface area contributed by atoms with Crippen LogP contribution in [0.1, 0.15) is 23.4 Å². The fraction of sp³-hybridized carbons (Fsp3) is 0.778. The minimum absolute atomic E-state index is 0.414. The monoisotopic (exact) mass is 264 g/mol. The lowest BCUT2D eigenvalue weighted by Gasteiger charge is -2.16. The number of hydrogen-bond acceptors (Lipinski definition) is 5. The molecular formula is C9H13ClN2OS2. The number of halogens is 1. The first kappa shape index (κ1) is 11.6. The van der Waals surface area contributed by atoms with Crippen molar-refractivity contribution in [1.29, 1.82) is 0 Å². The number of aromatic nitrogens is 2. The lowest BCUT2D eigenvalue weighted by molar-refractivity contribution is 0.372. The summed E-state index contributed by atoms with van der Waals surface area (Å²) in [5.74, 6) is 5.74. The minimum atomic E-state index is 0.414. The van der Waals surface area contributed by atoms with Gasteiger partial charge in [-0.2, -0.15) is 16.7 Å². The van der Waals surface area contributed by atoms with Gasteiger partial charge in [0.1, 0.15) is 0 Å². The van der Waals surface area contributed by atoms with E-state index in [0.29, 0.717) is 11.1 Å². The molecule has 1 fully saturated rings. The Morgan fingerprint density at radius 2 is 2.40 bits per heavy atom. The first-order valence-corrected chi connectivity index (χ1v) is 7.71. The first-order chi connectivity index (χ1) is 7.40. The second-order valence-electron chi connectivity index (χ2n) is 3.27. The molecule has 0 aromatic carbocycles. The van der Waals surface area contributed by atoms with E-state index < -0.39 is 0 Å². The van der Waals surface area contributed by atoms with Crippen molar-refractivity contribution < 1.29 is 4.52 Å². The van der Waals surface area contributed by atoms with E-state index in [0.717, 1.165) is 30.3 Å². The molecule has 2 rings (SSSR count). The molecular weight excluding hydrogens is 252 g/mol. The Labute approximate surface area is 103 Å². The van der Waals surface area contributed by atoms with E-state index in [4.69, 9.17) is 16.1 Å². The Morgan fingerprint density at radius 3 is 3.13 bits per heavy atom. The molecule has 1 aliphatic heterocycles. The van der Waals surface area contributed by atoms with E-state index in [2.05, 4.69) is 10.1 Å². The predicted molar refractivity (Wildman–Crippen MR) is 65.9 cm³/mol. The van der Waals surface area contributed by atoms with Gasteiger partial charge in [0.15, 0.2) is 5.82 Å².